The van der Waals surface area contributed by atoms with Crippen molar-refractivity contribution in [3.63, 3.8) is 0 Å². The Kier molecular flexibility index (Phi) is 3.36. The van der Waals surface area contributed by atoms with E-state index in [9.17, 15) is 0 Å². The average Bonchev–Trinajstić information content (AvgIpc) is 2.37. The molecule has 1 aromatic rings. The molecule has 0 aromatic carbocycles. The largest absolute Gasteiger partial charge is 0.400 e. The van der Waals surface area contributed by atoms with Gasteiger partial charge in [0.15, 0.2) is 0 Å². The monoisotopic (exact) mass is 206 g/mol. The van der Waals surface area contributed by atoms with E-state index in [1.165, 1.54) is 4.68 Å². The van der Waals surface area contributed by atoms with E-state index in [4.69, 9.17) is 16.3 Å². The van der Waals surface area contributed by atoms with Crippen LogP contribution in [0.3, 0.4) is 0 Å². The minimum absolute atomic E-state index is 0.109. The zero-order chi connectivity index (χ0) is 8.97. The van der Waals surface area contributed by atoms with E-state index >= 15 is 0 Å². The van der Waals surface area contributed by atoms with Gasteiger partial charge in [0, 0.05) is 6.54 Å². The highest BCUT2D eigenvalue weighted by Gasteiger charge is 2.07. The standard InChI is InChI=1S/C5H7ClN4OS/c1-2-3-10-5(7-8-9-10)11-4(6)12/h2-3H2,1H3. The van der Waals surface area contributed by atoms with Gasteiger partial charge in [0.05, 0.1) is 0 Å². The smallest absolute Gasteiger partial charge is 0.342 e. The maximum Gasteiger partial charge on any atom is 0.342 e. The van der Waals surface area contributed by atoms with Gasteiger partial charge in [-0.2, -0.15) is 4.68 Å². The van der Waals surface area contributed by atoms with Gasteiger partial charge >= 0.3 is 6.01 Å². The number of hydrogen-bond acceptors (Lipinski definition) is 5. The van der Waals surface area contributed by atoms with Crippen molar-refractivity contribution in [1.82, 2.24) is 20.2 Å². The molecule has 0 amide bonds. The van der Waals surface area contributed by atoms with Crippen molar-refractivity contribution in [1.29, 1.82) is 0 Å². The van der Waals surface area contributed by atoms with Crippen LogP contribution in [0, 0.1) is 0 Å². The van der Waals surface area contributed by atoms with Crippen molar-refractivity contribution < 1.29 is 4.74 Å². The second-order valence-electron chi connectivity index (χ2n) is 2.02. The number of tetrazole rings is 1. The van der Waals surface area contributed by atoms with E-state index in [0.29, 0.717) is 6.54 Å². The van der Waals surface area contributed by atoms with Gasteiger partial charge in [-0.25, -0.2) is 0 Å². The normalized spacial score (nSPS) is 9.83. The van der Waals surface area contributed by atoms with Crippen LogP contribution < -0.4 is 4.74 Å². The summed E-state index contributed by atoms with van der Waals surface area (Å²) in [4.78, 5) is 0. The molecule has 0 spiro atoms. The summed E-state index contributed by atoms with van der Waals surface area (Å²) >= 11 is 9.86. The molecule has 0 aliphatic carbocycles. The first kappa shape index (κ1) is 9.34. The zero-order valence-electron chi connectivity index (χ0n) is 6.40. The van der Waals surface area contributed by atoms with Crippen LogP contribution in [0.5, 0.6) is 6.01 Å². The number of rotatable bonds is 3. The highest BCUT2D eigenvalue weighted by atomic mass is 35.5. The predicted molar refractivity (Wildman–Crippen MR) is 47.2 cm³/mol. The van der Waals surface area contributed by atoms with Crippen molar-refractivity contribution in [3.05, 3.63) is 0 Å². The third-order valence-electron chi connectivity index (χ3n) is 1.11. The second kappa shape index (κ2) is 4.32. The lowest BCUT2D eigenvalue weighted by Crippen LogP contribution is -2.06. The number of aryl methyl sites for hydroxylation is 1. The molecule has 0 saturated carbocycles. The van der Waals surface area contributed by atoms with Crippen molar-refractivity contribution in [3.8, 4) is 6.01 Å². The average molecular weight is 207 g/mol. The van der Waals surface area contributed by atoms with Crippen molar-refractivity contribution in [2.45, 2.75) is 19.9 Å². The Balaban J connectivity index is 2.69. The molecular weight excluding hydrogens is 200 g/mol. The predicted octanol–water partition coefficient (Wildman–Crippen LogP) is 0.986. The molecule has 1 heterocycles. The highest BCUT2D eigenvalue weighted by molar-refractivity contribution is 7.82. The molecule has 0 unspecified atom stereocenters. The second-order valence-corrected chi connectivity index (χ2v) is 2.96. The molecule has 0 aliphatic rings. The highest BCUT2D eigenvalue weighted by Crippen LogP contribution is 2.05. The molecule has 0 N–H and O–H groups in total. The zero-order valence-corrected chi connectivity index (χ0v) is 7.97. The lowest BCUT2D eigenvalue weighted by molar-refractivity contribution is 0.450. The maximum atomic E-state index is 5.34. The first-order valence-electron chi connectivity index (χ1n) is 3.37. The Morgan fingerprint density at radius 3 is 3.08 bits per heavy atom. The number of aromatic nitrogens is 4. The number of nitrogens with zero attached hydrogens (tertiary/aromatic N) is 4. The first-order chi connectivity index (χ1) is 5.74. The van der Waals surface area contributed by atoms with Crippen LogP contribution in [-0.2, 0) is 6.54 Å². The Bertz CT molecular complexity index is 276. The van der Waals surface area contributed by atoms with Crippen molar-refractivity contribution in [2.75, 3.05) is 0 Å². The van der Waals surface area contributed by atoms with Gasteiger partial charge in [0.1, 0.15) is 0 Å². The fourth-order valence-corrected chi connectivity index (χ4v) is 0.837. The lowest BCUT2D eigenvalue weighted by atomic mass is 10.5. The molecule has 0 aliphatic heterocycles. The summed E-state index contributed by atoms with van der Waals surface area (Å²) in [6, 6.07) is 0.233. The molecule has 0 radical (unpaired) electrons. The van der Waals surface area contributed by atoms with E-state index in [-0.39, 0.29) is 10.5 Å². The van der Waals surface area contributed by atoms with Crippen LogP contribution in [0.4, 0.5) is 0 Å². The number of hydrogen-bond donors (Lipinski definition) is 0. The molecule has 0 atom stereocenters. The molecular formula is C5H7ClN4OS. The molecule has 0 saturated heterocycles. The fourth-order valence-electron chi connectivity index (χ4n) is 0.693. The van der Waals surface area contributed by atoms with Gasteiger partial charge < -0.3 is 4.74 Å². The SMILES string of the molecule is CCCn1nnnc1OC(=S)Cl. The Labute approximate surface area is 79.7 Å². The summed E-state index contributed by atoms with van der Waals surface area (Å²) < 4.78 is 6.25. The van der Waals surface area contributed by atoms with Gasteiger partial charge in [-0.05, 0) is 40.7 Å². The topological polar surface area (TPSA) is 52.8 Å². The molecule has 1 aromatic heterocycles. The molecule has 1 rings (SSSR count). The first-order valence-corrected chi connectivity index (χ1v) is 4.16. The van der Waals surface area contributed by atoms with Gasteiger partial charge in [-0.15, -0.1) is 0 Å². The van der Waals surface area contributed by atoms with Crippen LogP contribution in [0.2, 0.25) is 0 Å². The number of thiocarbonyl (C=S) groups is 1. The number of ether oxygens (including phenoxy) is 1. The van der Waals surface area contributed by atoms with Gasteiger partial charge in [-0.1, -0.05) is 12.0 Å². The minimum atomic E-state index is -0.109. The molecule has 5 nitrogen and oxygen atoms in total. The molecule has 0 fully saturated rings. The summed E-state index contributed by atoms with van der Waals surface area (Å²) in [5.74, 6) is 0. The van der Waals surface area contributed by atoms with Crippen molar-refractivity contribution >= 4 is 28.3 Å². The minimum Gasteiger partial charge on any atom is -0.400 e. The quantitative estimate of drug-likeness (QED) is 0.545. The van der Waals surface area contributed by atoms with E-state index in [0.717, 1.165) is 6.42 Å². The molecule has 12 heavy (non-hydrogen) atoms. The third kappa shape index (κ3) is 2.38. The summed E-state index contributed by atoms with van der Waals surface area (Å²) in [6.45, 7) is 2.69. The number of halogens is 1. The van der Waals surface area contributed by atoms with Crippen LogP contribution in [-0.4, -0.2) is 24.7 Å². The molecule has 0 bridgehead atoms. The summed E-state index contributed by atoms with van der Waals surface area (Å²) in [7, 11) is 0. The Hall–Kier alpha value is -0.750. The van der Waals surface area contributed by atoms with E-state index in [1.54, 1.807) is 0 Å². The summed E-state index contributed by atoms with van der Waals surface area (Å²) in [5.41, 5.74) is 0. The van der Waals surface area contributed by atoms with Gasteiger partial charge in [-0.3, -0.25) is 0 Å². The van der Waals surface area contributed by atoms with E-state index < -0.39 is 0 Å². The van der Waals surface area contributed by atoms with Gasteiger partial charge in [0.25, 0.3) is 4.51 Å². The van der Waals surface area contributed by atoms with Gasteiger partial charge in [0.2, 0.25) is 0 Å². The summed E-state index contributed by atoms with van der Waals surface area (Å²) in [5, 5.41) is 10.7. The van der Waals surface area contributed by atoms with E-state index in [1.807, 2.05) is 6.92 Å². The van der Waals surface area contributed by atoms with Crippen LogP contribution in [0.25, 0.3) is 0 Å². The van der Waals surface area contributed by atoms with Crippen LogP contribution in [0.1, 0.15) is 13.3 Å². The summed E-state index contributed by atoms with van der Waals surface area (Å²) in [6.07, 6.45) is 0.913. The van der Waals surface area contributed by atoms with Crippen LogP contribution >= 0.6 is 23.8 Å². The fraction of sp³-hybridized carbons (Fsp3) is 0.600. The Morgan fingerprint density at radius 2 is 2.50 bits per heavy atom. The Morgan fingerprint density at radius 1 is 1.75 bits per heavy atom. The molecule has 7 heteroatoms. The lowest BCUT2D eigenvalue weighted by Gasteiger charge is -2.00. The van der Waals surface area contributed by atoms with E-state index in [2.05, 4.69) is 27.7 Å². The third-order valence-corrected chi connectivity index (χ3v) is 1.27. The van der Waals surface area contributed by atoms with Crippen molar-refractivity contribution in [2.24, 2.45) is 0 Å². The van der Waals surface area contributed by atoms with Crippen LogP contribution in [0.15, 0.2) is 0 Å². The molecule has 66 valence electrons. The maximum absolute atomic E-state index is 5.34.